The van der Waals surface area contributed by atoms with E-state index in [0.717, 1.165) is 16.6 Å². The molecule has 0 saturated carbocycles. The minimum absolute atomic E-state index is 0.0105. The topological polar surface area (TPSA) is 57.4 Å². The first-order valence-corrected chi connectivity index (χ1v) is 6.09. The number of fused-ring (bicyclic) bond motifs is 1. The van der Waals surface area contributed by atoms with E-state index in [2.05, 4.69) is 4.98 Å². The molecule has 0 aliphatic carbocycles. The number of nitrogens with two attached hydrogens (primary N) is 1. The normalized spacial score (nSPS) is 12.6. The van der Waals surface area contributed by atoms with E-state index in [-0.39, 0.29) is 6.10 Å². The summed E-state index contributed by atoms with van der Waals surface area (Å²) in [7, 11) is 0. The minimum atomic E-state index is -0.0105. The van der Waals surface area contributed by atoms with Crippen molar-refractivity contribution in [2.75, 3.05) is 18.9 Å². The zero-order chi connectivity index (χ0) is 13.0. The van der Waals surface area contributed by atoms with Crippen molar-refractivity contribution in [2.45, 2.75) is 20.0 Å². The molecule has 2 aromatic rings. The number of benzene rings is 1. The molecule has 18 heavy (non-hydrogen) atoms. The maximum absolute atomic E-state index is 5.72. The van der Waals surface area contributed by atoms with Crippen LogP contribution in [-0.4, -0.2) is 24.3 Å². The lowest BCUT2D eigenvalue weighted by molar-refractivity contribution is 0.0635. The quantitative estimate of drug-likeness (QED) is 0.824. The van der Waals surface area contributed by atoms with E-state index in [4.69, 9.17) is 15.2 Å². The van der Waals surface area contributed by atoms with Gasteiger partial charge in [-0.1, -0.05) is 0 Å². The Morgan fingerprint density at radius 2 is 2.11 bits per heavy atom. The maximum Gasteiger partial charge on any atom is 0.214 e. The Morgan fingerprint density at radius 1 is 1.28 bits per heavy atom. The molecule has 2 N–H and O–H groups in total. The summed E-state index contributed by atoms with van der Waals surface area (Å²) < 4.78 is 11.0. The van der Waals surface area contributed by atoms with Crippen molar-refractivity contribution < 1.29 is 9.47 Å². The summed E-state index contributed by atoms with van der Waals surface area (Å²) in [4.78, 5) is 4.43. The van der Waals surface area contributed by atoms with E-state index in [0.29, 0.717) is 19.1 Å². The van der Waals surface area contributed by atoms with E-state index in [1.807, 2.05) is 44.2 Å². The van der Waals surface area contributed by atoms with Crippen LogP contribution in [-0.2, 0) is 4.74 Å². The predicted octanol–water partition coefficient (Wildman–Crippen LogP) is 2.62. The fraction of sp³-hybridized carbons (Fsp3) is 0.357. The Hall–Kier alpha value is -1.81. The fourth-order valence-corrected chi connectivity index (χ4v) is 1.71. The number of ether oxygens (including phenoxy) is 2. The molecule has 0 aliphatic rings. The molecule has 0 bridgehead atoms. The van der Waals surface area contributed by atoms with Crippen molar-refractivity contribution in [3.63, 3.8) is 0 Å². The van der Waals surface area contributed by atoms with Gasteiger partial charge in [0.05, 0.1) is 12.1 Å². The average Bonchev–Trinajstić information content (AvgIpc) is 2.36. The monoisotopic (exact) mass is 246 g/mol. The number of pyridine rings is 1. The first-order valence-electron chi connectivity index (χ1n) is 6.09. The number of nitrogens with zero attached hydrogens (tertiary/aromatic N) is 1. The first kappa shape index (κ1) is 12.6. The molecule has 0 fully saturated rings. The Morgan fingerprint density at radius 3 is 2.89 bits per heavy atom. The summed E-state index contributed by atoms with van der Waals surface area (Å²) in [6.07, 6.45) is -0.0105. The average molecular weight is 246 g/mol. The van der Waals surface area contributed by atoms with Gasteiger partial charge in [-0.25, -0.2) is 4.98 Å². The standard InChI is InChI=1S/C14H18N2O2/c1-3-17-9-10(2)18-14-7-4-11-8-12(15)5-6-13(11)16-14/h4-8,10H,3,9,15H2,1-2H3. The number of rotatable bonds is 5. The highest BCUT2D eigenvalue weighted by Crippen LogP contribution is 2.19. The molecule has 0 radical (unpaired) electrons. The Labute approximate surface area is 107 Å². The molecular formula is C14H18N2O2. The van der Waals surface area contributed by atoms with Crippen molar-refractivity contribution in [3.8, 4) is 5.88 Å². The number of nitrogen functional groups attached to an aromatic ring is 1. The zero-order valence-corrected chi connectivity index (χ0v) is 10.7. The van der Waals surface area contributed by atoms with E-state index in [1.165, 1.54) is 0 Å². The number of aromatic nitrogens is 1. The van der Waals surface area contributed by atoms with Gasteiger partial charge in [-0.15, -0.1) is 0 Å². The van der Waals surface area contributed by atoms with Crippen molar-refractivity contribution >= 4 is 16.6 Å². The first-order chi connectivity index (χ1) is 8.69. The van der Waals surface area contributed by atoms with Crippen LogP contribution in [0.2, 0.25) is 0 Å². The minimum Gasteiger partial charge on any atom is -0.472 e. The van der Waals surface area contributed by atoms with Gasteiger partial charge in [0.15, 0.2) is 0 Å². The summed E-state index contributed by atoms with van der Waals surface area (Å²) >= 11 is 0. The highest BCUT2D eigenvalue weighted by atomic mass is 16.5. The molecule has 1 heterocycles. The smallest absolute Gasteiger partial charge is 0.214 e. The molecule has 1 aromatic heterocycles. The van der Waals surface area contributed by atoms with Gasteiger partial charge in [-0.3, -0.25) is 0 Å². The van der Waals surface area contributed by atoms with E-state index in [1.54, 1.807) is 0 Å². The zero-order valence-electron chi connectivity index (χ0n) is 10.7. The van der Waals surface area contributed by atoms with Gasteiger partial charge in [0, 0.05) is 23.7 Å². The highest BCUT2D eigenvalue weighted by molar-refractivity contribution is 5.82. The second-order valence-corrected chi connectivity index (χ2v) is 4.19. The van der Waals surface area contributed by atoms with E-state index >= 15 is 0 Å². The molecule has 1 unspecified atom stereocenters. The van der Waals surface area contributed by atoms with Crippen LogP contribution in [0.4, 0.5) is 5.69 Å². The summed E-state index contributed by atoms with van der Waals surface area (Å²) in [6.45, 7) is 5.19. The molecule has 0 amide bonds. The lowest BCUT2D eigenvalue weighted by Crippen LogP contribution is -2.19. The van der Waals surface area contributed by atoms with Crippen LogP contribution in [0.15, 0.2) is 30.3 Å². The molecule has 4 nitrogen and oxygen atoms in total. The third kappa shape index (κ3) is 3.11. The van der Waals surface area contributed by atoms with Crippen molar-refractivity contribution in [1.29, 1.82) is 0 Å². The second-order valence-electron chi connectivity index (χ2n) is 4.19. The lowest BCUT2D eigenvalue weighted by Gasteiger charge is -2.13. The number of hydrogen-bond donors (Lipinski definition) is 1. The van der Waals surface area contributed by atoms with Crippen LogP contribution in [0.5, 0.6) is 5.88 Å². The van der Waals surface area contributed by atoms with Gasteiger partial charge in [0.25, 0.3) is 0 Å². The van der Waals surface area contributed by atoms with Crippen LogP contribution >= 0.6 is 0 Å². The molecule has 96 valence electrons. The lowest BCUT2D eigenvalue weighted by atomic mass is 10.2. The van der Waals surface area contributed by atoms with Gasteiger partial charge < -0.3 is 15.2 Å². The predicted molar refractivity (Wildman–Crippen MR) is 72.7 cm³/mol. The number of anilines is 1. The fourth-order valence-electron chi connectivity index (χ4n) is 1.71. The largest absolute Gasteiger partial charge is 0.472 e. The second kappa shape index (κ2) is 5.69. The van der Waals surface area contributed by atoms with E-state index in [9.17, 15) is 0 Å². The Bertz CT molecular complexity index is 528. The SMILES string of the molecule is CCOCC(C)Oc1ccc2cc(N)ccc2n1. The highest BCUT2D eigenvalue weighted by Gasteiger charge is 2.05. The Kier molecular flexibility index (Phi) is 3.99. The summed E-state index contributed by atoms with van der Waals surface area (Å²) in [5.41, 5.74) is 7.34. The molecule has 4 heteroatoms. The van der Waals surface area contributed by atoms with Gasteiger partial charge in [-0.2, -0.15) is 0 Å². The van der Waals surface area contributed by atoms with Crippen LogP contribution in [0.3, 0.4) is 0 Å². The van der Waals surface area contributed by atoms with E-state index < -0.39 is 0 Å². The van der Waals surface area contributed by atoms with Gasteiger partial charge in [0.2, 0.25) is 5.88 Å². The van der Waals surface area contributed by atoms with Gasteiger partial charge in [-0.05, 0) is 38.1 Å². The van der Waals surface area contributed by atoms with Gasteiger partial charge >= 0.3 is 0 Å². The molecule has 2 rings (SSSR count). The molecule has 1 aromatic carbocycles. The molecular weight excluding hydrogens is 228 g/mol. The van der Waals surface area contributed by atoms with Crippen molar-refractivity contribution in [3.05, 3.63) is 30.3 Å². The third-order valence-corrected chi connectivity index (χ3v) is 2.57. The van der Waals surface area contributed by atoms with Crippen LogP contribution < -0.4 is 10.5 Å². The van der Waals surface area contributed by atoms with Crippen molar-refractivity contribution in [1.82, 2.24) is 4.98 Å². The maximum atomic E-state index is 5.72. The third-order valence-electron chi connectivity index (χ3n) is 2.57. The molecule has 1 atom stereocenters. The van der Waals surface area contributed by atoms with Crippen molar-refractivity contribution in [2.24, 2.45) is 0 Å². The van der Waals surface area contributed by atoms with Gasteiger partial charge in [0.1, 0.15) is 6.10 Å². The van der Waals surface area contributed by atoms with Crippen LogP contribution in [0, 0.1) is 0 Å². The van der Waals surface area contributed by atoms with Crippen LogP contribution in [0.25, 0.3) is 10.9 Å². The molecule has 0 spiro atoms. The molecule has 0 aliphatic heterocycles. The summed E-state index contributed by atoms with van der Waals surface area (Å²) in [5.74, 6) is 0.611. The number of hydrogen-bond acceptors (Lipinski definition) is 4. The van der Waals surface area contributed by atoms with Crippen LogP contribution in [0.1, 0.15) is 13.8 Å². The Balaban J connectivity index is 2.12. The summed E-state index contributed by atoms with van der Waals surface area (Å²) in [5, 5.41) is 1.01. The molecule has 0 saturated heterocycles. The summed E-state index contributed by atoms with van der Waals surface area (Å²) in [6, 6.07) is 9.44.